The van der Waals surface area contributed by atoms with Gasteiger partial charge in [0.05, 0.1) is 5.56 Å². The van der Waals surface area contributed by atoms with E-state index in [-0.39, 0.29) is 11.5 Å². The molecule has 2 rings (SSSR count). The van der Waals surface area contributed by atoms with Gasteiger partial charge >= 0.3 is 12.1 Å². The summed E-state index contributed by atoms with van der Waals surface area (Å²) in [5, 5.41) is 9.00. The van der Waals surface area contributed by atoms with Gasteiger partial charge in [-0.05, 0) is 61.0 Å². The van der Waals surface area contributed by atoms with E-state index in [0.29, 0.717) is 17.9 Å². The molecule has 0 amide bonds. The summed E-state index contributed by atoms with van der Waals surface area (Å²) in [6.07, 6.45) is -2.45. The Kier molecular flexibility index (Phi) is 5.69. The summed E-state index contributed by atoms with van der Waals surface area (Å²) >= 11 is 0. The van der Waals surface area contributed by atoms with Crippen LogP contribution in [0.2, 0.25) is 0 Å². The summed E-state index contributed by atoms with van der Waals surface area (Å²) in [6.45, 7) is 1.79. The van der Waals surface area contributed by atoms with Crippen LogP contribution in [-0.2, 0) is 11.0 Å². The van der Waals surface area contributed by atoms with Crippen molar-refractivity contribution in [1.29, 1.82) is 0 Å². The van der Waals surface area contributed by atoms with Crippen LogP contribution in [0.5, 0.6) is 17.2 Å². The third-order valence-corrected chi connectivity index (χ3v) is 3.07. The standard InChI is InChI=1S/C18H15F3O4/c1-2-3-16(17(22)23)25-15-10-8-14(9-11-15)24-13-6-4-12(5-7-13)18(19,20)21/h3-11H,2H2,1H3,(H,22,23). The smallest absolute Gasteiger partial charge is 0.416 e. The molecule has 0 spiro atoms. The second kappa shape index (κ2) is 7.74. The molecule has 0 saturated heterocycles. The molecular weight excluding hydrogens is 337 g/mol. The fourth-order valence-electron chi connectivity index (χ4n) is 1.91. The van der Waals surface area contributed by atoms with E-state index in [4.69, 9.17) is 14.6 Å². The zero-order chi connectivity index (χ0) is 18.4. The van der Waals surface area contributed by atoms with E-state index in [2.05, 4.69) is 0 Å². The Labute approximate surface area is 142 Å². The van der Waals surface area contributed by atoms with Gasteiger partial charge in [0.15, 0.2) is 0 Å². The molecule has 2 aromatic carbocycles. The molecule has 0 aliphatic carbocycles. The van der Waals surface area contributed by atoms with Crippen molar-refractivity contribution in [2.75, 3.05) is 0 Å². The quantitative estimate of drug-likeness (QED) is 0.569. The van der Waals surface area contributed by atoms with Gasteiger partial charge in [-0.25, -0.2) is 4.79 Å². The van der Waals surface area contributed by atoms with Gasteiger partial charge in [-0.15, -0.1) is 0 Å². The highest BCUT2D eigenvalue weighted by atomic mass is 19.4. The van der Waals surface area contributed by atoms with Crippen molar-refractivity contribution in [3.05, 3.63) is 65.9 Å². The molecule has 0 aliphatic heterocycles. The minimum absolute atomic E-state index is 0.182. The lowest BCUT2D eigenvalue weighted by molar-refractivity contribution is -0.137. The zero-order valence-corrected chi connectivity index (χ0v) is 13.2. The summed E-state index contributed by atoms with van der Waals surface area (Å²) in [5.41, 5.74) is -0.757. The molecule has 0 fully saturated rings. The first-order valence-corrected chi connectivity index (χ1v) is 7.36. The van der Waals surface area contributed by atoms with E-state index in [1.165, 1.54) is 42.5 Å². The second-order valence-corrected chi connectivity index (χ2v) is 4.98. The number of allylic oxidation sites excluding steroid dienone is 1. The molecule has 4 nitrogen and oxygen atoms in total. The van der Waals surface area contributed by atoms with Gasteiger partial charge in [0.2, 0.25) is 5.76 Å². The van der Waals surface area contributed by atoms with Crippen LogP contribution in [0.3, 0.4) is 0 Å². The van der Waals surface area contributed by atoms with Gasteiger partial charge in [0.25, 0.3) is 0 Å². The maximum Gasteiger partial charge on any atom is 0.416 e. The van der Waals surface area contributed by atoms with Crippen LogP contribution in [-0.4, -0.2) is 11.1 Å². The van der Waals surface area contributed by atoms with Gasteiger partial charge in [-0.1, -0.05) is 6.92 Å². The lowest BCUT2D eigenvalue weighted by Crippen LogP contribution is -2.07. The molecule has 0 aliphatic rings. The van der Waals surface area contributed by atoms with E-state index in [1.807, 2.05) is 0 Å². The number of hydrogen-bond acceptors (Lipinski definition) is 3. The fourth-order valence-corrected chi connectivity index (χ4v) is 1.91. The number of aliphatic carboxylic acids is 1. The molecule has 1 N–H and O–H groups in total. The molecule has 0 saturated carbocycles. The highest BCUT2D eigenvalue weighted by Gasteiger charge is 2.30. The summed E-state index contributed by atoms with van der Waals surface area (Å²) in [4.78, 5) is 11.0. The largest absolute Gasteiger partial charge is 0.475 e. The van der Waals surface area contributed by atoms with E-state index in [9.17, 15) is 18.0 Å². The molecule has 25 heavy (non-hydrogen) atoms. The first kappa shape index (κ1) is 18.4. The average Bonchev–Trinajstić information content (AvgIpc) is 2.56. The number of benzene rings is 2. The SMILES string of the molecule is CCC=C(Oc1ccc(Oc2ccc(C(F)(F)F)cc2)cc1)C(=O)O. The van der Waals surface area contributed by atoms with Crippen LogP contribution < -0.4 is 9.47 Å². The van der Waals surface area contributed by atoms with Crippen molar-refractivity contribution in [2.24, 2.45) is 0 Å². The number of rotatable bonds is 6. The van der Waals surface area contributed by atoms with Gasteiger partial charge < -0.3 is 14.6 Å². The van der Waals surface area contributed by atoms with Crippen LogP contribution in [0.1, 0.15) is 18.9 Å². The molecule has 132 valence electrons. The first-order chi connectivity index (χ1) is 11.8. The Morgan fingerprint density at radius 3 is 1.92 bits per heavy atom. The molecule has 2 aromatic rings. The highest BCUT2D eigenvalue weighted by molar-refractivity contribution is 5.84. The van der Waals surface area contributed by atoms with E-state index >= 15 is 0 Å². The third kappa shape index (κ3) is 5.27. The normalized spacial score (nSPS) is 11.9. The molecule has 0 radical (unpaired) electrons. The fraction of sp³-hybridized carbons (Fsp3) is 0.167. The Morgan fingerprint density at radius 2 is 1.48 bits per heavy atom. The number of alkyl halides is 3. The van der Waals surface area contributed by atoms with Crippen LogP contribution >= 0.6 is 0 Å². The zero-order valence-electron chi connectivity index (χ0n) is 13.2. The van der Waals surface area contributed by atoms with Gasteiger partial charge in [-0.2, -0.15) is 13.2 Å². The van der Waals surface area contributed by atoms with E-state index < -0.39 is 17.7 Å². The predicted octanol–water partition coefficient (Wildman–Crippen LogP) is 5.26. The highest BCUT2D eigenvalue weighted by Crippen LogP contribution is 2.31. The van der Waals surface area contributed by atoms with Crippen LogP contribution in [0.25, 0.3) is 0 Å². The van der Waals surface area contributed by atoms with Crippen LogP contribution in [0.15, 0.2) is 60.4 Å². The number of carbonyl (C=O) groups is 1. The minimum atomic E-state index is -4.40. The third-order valence-electron chi connectivity index (χ3n) is 3.07. The van der Waals surface area contributed by atoms with Crippen LogP contribution in [0.4, 0.5) is 13.2 Å². The Hall–Kier alpha value is -2.96. The monoisotopic (exact) mass is 352 g/mol. The van der Waals surface area contributed by atoms with Crippen molar-refractivity contribution >= 4 is 5.97 Å². The van der Waals surface area contributed by atoms with Crippen molar-refractivity contribution in [1.82, 2.24) is 0 Å². The first-order valence-electron chi connectivity index (χ1n) is 7.36. The number of halogens is 3. The lowest BCUT2D eigenvalue weighted by Gasteiger charge is -2.10. The number of hydrogen-bond donors (Lipinski definition) is 1. The minimum Gasteiger partial charge on any atom is -0.475 e. The van der Waals surface area contributed by atoms with Crippen LogP contribution in [0, 0.1) is 0 Å². The summed E-state index contributed by atoms with van der Waals surface area (Å²) in [5.74, 6) is -0.421. The topological polar surface area (TPSA) is 55.8 Å². The van der Waals surface area contributed by atoms with Crippen molar-refractivity contribution < 1.29 is 32.5 Å². The number of carboxylic acid groups (broad SMARTS) is 1. The van der Waals surface area contributed by atoms with Crippen molar-refractivity contribution in [3.63, 3.8) is 0 Å². The van der Waals surface area contributed by atoms with Gasteiger partial charge in [0.1, 0.15) is 17.2 Å². The molecular formula is C18H15F3O4. The van der Waals surface area contributed by atoms with Crippen molar-refractivity contribution in [2.45, 2.75) is 19.5 Å². The number of carboxylic acids is 1. The summed E-state index contributed by atoms with van der Waals surface area (Å²) in [7, 11) is 0. The maximum absolute atomic E-state index is 12.5. The molecule has 0 bridgehead atoms. The summed E-state index contributed by atoms with van der Waals surface area (Å²) in [6, 6.07) is 10.4. The van der Waals surface area contributed by atoms with E-state index in [1.54, 1.807) is 6.92 Å². The Balaban J connectivity index is 2.05. The molecule has 0 heterocycles. The van der Waals surface area contributed by atoms with Gasteiger partial charge in [-0.3, -0.25) is 0 Å². The molecule has 7 heteroatoms. The number of ether oxygens (including phenoxy) is 2. The summed E-state index contributed by atoms with van der Waals surface area (Å²) < 4.78 is 48.2. The molecule has 0 aromatic heterocycles. The van der Waals surface area contributed by atoms with E-state index in [0.717, 1.165) is 12.1 Å². The Morgan fingerprint density at radius 1 is 1.00 bits per heavy atom. The average molecular weight is 352 g/mol. The lowest BCUT2D eigenvalue weighted by atomic mass is 10.2. The Bertz CT molecular complexity index is 747. The van der Waals surface area contributed by atoms with Gasteiger partial charge in [0, 0.05) is 0 Å². The molecule has 0 unspecified atom stereocenters. The van der Waals surface area contributed by atoms with Crippen molar-refractivity contribution in [3.8, 4) is 17.2 Å². The second-order valence-electron chi connectivity index (χ2n) is 4.98. The molecule has 0 atom stereocenters. The maximum atomic E-state index is 12.5. The predicted molar refractivity (Wildman–Crippen MR) is 84.6 cm³/mol.